The predicted molar refractivity (Wildman–Crippen MR) is 99.9 cm³/mol. The van der Waals surface area contributed by atoms with Gasteiger partial charge in [-0.05, 0) is 24.6 Å². The van der Waals surface area contributed by atoms with Crippen molar-refractivity contribution in [1.82, 2.24) is 24.5 Å². The summed E-state index contributed by atoms with van der Waals surface area (Å²) in [6, 6.07) is 4.00. The molecular weight excluding hydrogens is 347 g/mol. The summed E-state index contributed by atoms with van der Waals surface area (Å²) in [5.41, 5.74) is 3.69. The predicted octanol–water partition coefficient (Wildman–Crippen LogP) is 3.09. The van der Waals surface area contributed by atoms with Crippen LogP contribution in [0.4, 0.5) is 0 Å². The second-order valence-corrected chi connectivity index (χ2v) is 5.50. The maximum atomic E-state index is 4.74. The third-order valence-electron chi connectivity index (χ3n) is 3.48. The van der Waals surface area contributed by atoms with Crippen molar-refractivity contribution in [3.8, 4) is 0 Å². The van der Waals surface area contributed by atoms with Crippen LogP contribution in [-0.2, 0) is 6.54 Å². The van der Waals surface area contributed by atoms with Crippen LogP contribution in [0.3, 0.4) is 0 Å². The van der Waals surface area contributed by atoms with Gasteiger partial charge in [0.2, 0.25) is 0 Å². The molecule has 0 radical (unpaired) electrons. The lowest BCUT2D eigenvalue weighted by Crippen LogP contribution is -2.15. The molecule has 3 aromatic rings. The summed E-state index contributed by atoms with van der Waals surface area (Å²) in [4.78, 5) is 21.1. The SMILES string of the molecule is CCN=c1ncn(Cc2ccncc2)c2nc(C(C)C)[nH]c12.Cl.Cl. The minimum Gasteiger partial charge on any atom is -0.337 e. The quantitative estimate of drug-likeness (QED) is 0.768. The normalized spacial score (nSPS) is 11.4. The topological polar surface area (TPSA) is 71.8 Å². The van der Waals surface area contributed by atoms with Crippen molar-refractivity contribution >= 4 is 36.0 Å². The Labute approximate surface area is 153 Å². The molecule has 0 aliphatic heterocycles. The van der Waals surface area contributed by atoms with E-state index in [-0.39, 0.29) is 24.8 Å². The van der Waals surface area contributed by atoms with Crippen molar-refractivity contribution in [3.05, 3.63) is 47.7 Å². The van der Waals surface area contributed by atoms with Crippen molar-refractivity contribution in [1.29, 1.82) is 0 Å². The van der Waals surface area contributed by atoms with E-state index < -0.39 is 0 Å². The van der Waals surface area contributed by atoms with Gasteiger partial charge in [-0.15, -0.1) is 24.8 Å². The molecule has 0 atom stereocenters. The van der Waals surface area contributed by atoms with Gasteiger partial charge in [0, 0.05) is 24.9 Å². The molecule has 1 N–H and O–H groups in total. The van der Waals surface area contributed by atoms with Gasteiger partial charge < -0.3 is 9.55 Å². The molecule has 3 rings (SSSR count). The highest BCUT2D eigenvalue weighted by Gasteiger charge is 2.11. The van der Waals surface area contributed by atoms with Crippen LogP contribution in [0.5, 0.6) is 0 Å². The number of hydrogen-bond donors (Lipinski definition) is 1. The summed E-state index contributed by atoms with van der Waals surface area (Å²) in [5, 5.41) is 0. The summed E-state index contributed by atoms with van der Waals surface area (Å²) in [5.74, 6) is 1.29. The van der Waals surface area contributed by atoms with E-state index in [1.54, 1.807) is 12.4 Å². The zero-order valence-electron chi connectivity index (χ0n) is 13.9. The number of nitrogens with zero attached hydrogens (tertiary/aromatic N) is 5. The molecule has 0 saturated carbocycles. The van der Waals surface area contributed by atoms with Crippen molar-refractivity contribution in [2.45, 2.75) is 33.2 Å². The highest BCUT2D eigenvalue weighted by Crippen LogP contribution is 2.15. The van der Waals surface area contributed by atoms with Crippen LogP contribution in [0, 0.1) is 0 Å². The van der Waals surface area contributed by atoms with Gasteiger partial charge in [0.05, 0.1) is 12.9 Å². The third kappa shape index (κ3) is 4.13. The van der Waals surface area contributed by atoms with E-state index in [4.69, 9.17) is 4.98 Å². The fraction of sp³-hybridized carbons (Fsp3) is 0.375. The van der Waals surface area contributed by atoms with Gasteiger partial charge in [0.25, 0.3) is 0 Å². The Balaban J connectivity index is 0.00000144. The number of imidazole rings is 1. The average Bonchev–Trinajstić information content (AvgIpc) is 2.97. The number of hydrogen-bond acceptors (Lipinski definition) is 4. The van der Waals surface area contributed by atoms with E-state index in [9.17, 15) is 0 Å². The van der Waals surface area contributed by atoms with E-state index in [0.717, 1.165) is 28.0 Å². The Bertz CT molecular complexity index is 839. The van der Waals surface area contributed by atoms with Gasteiger partial charge in [-0.25, -0.2) is 9.97 Å². The van der Waals surface area contributed by atoms with Crippen LogP contribution in [0.15, 0.2) is 35.8 Å². The lowest BCUT2D eigenvalue weighted by atomic mass is 10.2. The molecular formula is C16H22Cl2N6. The zero-order valence-corrected chi connectivity index (χ0v) is 15.6. The molecule has 0 aliphatic carbocycles. The molecule has 0 aliphatic rings. The maximum absolute atomic E-state index is 4.74. The maximum Gasteiger partial charge on any atom is 0.176 e. The number of H-pyrrole nitrogens is 1. The van der Waals surface area contributed by atoms with Crippen LogP contribution in [0.2, 0.25) is 0 Å². The summed E-state index contributed by atoms with van der Waals surface area (Å²) >= 11 is 0. The molecule has 130 valence electrons. The molecule has 0 fully saturated rings. The minimum atomic E-state index is 0. The Morgan fingerprint density at radius 2 is 1.92 bits per heavy atom. The number of aromatic amines is 1. The smallest absolute Gasteiger partial charge is 0.176 e. The van der Waals surface area contributed by atoms with Crippen LogP contribution < -0.4 is 5.49 Å². The Morgan fingerprint density at radius 1 is 1.21 bits per heavy atom. The number of nitrogens with one attached hydrogen (secondary N) is 1. The minimum absolute atomic E-state index is 0. The molecule has 0 unspecified atom stereocenters. The molecule has 3 heterocycles. The number of fused-ring (bicyclic) bond motifs is 1. The van der Waals surface area contributed by atoms with E-state index in [1.807, 2.05) is 30.0 Å². The van der Waals surface area contributed by atoms with Crippen molar-refractivity contribution in [2.24, 2.45) is 4.99 Å². The second-order valence-electron chi connectivity index (χ2n) is 5.50. The number of pyridine rings is 1. The van der Waals surface area contributed by atoms with E-state index in [0.29, 0.717) is 19.0 Å². The lowest BCUT2D eigenvalue weighted by Gasteiger charge is -2.06. The highest BCUT2D eigenvalue weighted by molar-refractivity contribution is 5.85. The largest absolute Gasteiger partial charge is 0.337 e. The first kappa shape index (κ1) is 20.1. The van der Waals surface area contributed by atoms with E-state index >= 15 is 0 Å². The highest BCUT2D eigenvalue weighted by atomic mass is 35.5. The van der Waals surface area contributed by atoms with Gasteiger partial charge in [-0.2, -0.15) is 0 Å². The Hall–Kier alpha value is -1.92. The van der Waals surface area contributed by atoms with Gasteiger partial charge in [-0.1, -0.05) is 13.8 Å². The van der Waals surface area contributed by atoms with Crippen molar-refractivity contribution < 1.29 is 0 Å². The molecule has 0 saturated heterocycles. The Morgan fingerprint density at radius 3 is 2.54 bits per heavy atom. The van der Waals surface area contributed by atoms with Crippen molar-refractivity contribution in [2.75, 3.05) is 6.54 Å². The van der Waals surface area contributed by atoms with Crippen LogP contribution in [0.1, 0.15) is 38.1 Å². The first-order chi connectivity index (χ1) is 10.7. The number of halogens is 2. The summed E-state index contributed by atoms with van der Waals surface area (Å²) in [7, 11) is 0. The number of rotatable bonds is 4. The van der Waals surface area contributed by atoms with Crippen LogP contribution >= 0.6 is 24.8 Å². The van der Waals surface area contributed by atoms with Gasteiger partial charge in [-0.3, -0.25) is 9.98 Å². The van der Waals surface area contributed by atoms with Gasteiger partial charge in [0.1, 0.15) is 11.3 Å². The number of aromatic nitrogens is 5. The summed E-state index contributed by atoms with van der Waals surface area (Å²) < 4.78 is 2.04. The van der Waals surface area contributed by atoms with E-state index in [2.05, 4.69) is 33.8 Å². The molecule has 6 nitrogen and oxygen atoms in total. The van der Waals surface area contributed by atoms with Crippen LogP contribution in [-0.4, -0.2) is 31.0 Å². The average molecular weight is 369 g/mol. The molecule has 24 heavy (non-hydrogen) atoms. The first-order valence-electron chi connectivity index (χ1n) is 7.53. The second kappa shape index (κ2) is 8.80. The van der Waals surface area contributed by atoms with Crippen molar-refractivity contribution in [3.63, 3.8) is 0 Å². The van der Waals surface area contributed by atoms with Crippen LogP contribution in [0.25, 0.3) is 11.2 Å². The lowest BCUT2D eigenvalue weighted by molar-refractivity contribution is 0.770. The van der Waals surface area contributed by atoms with Gasteiger partial charge >= 0.3 is 0 Å². The monoisotopic (exact) mass is 368 g/mol. The molecule has 0 amide bonds. The standard InChI is InChI=1S/C16H20N6.2ClH/c1-4-18-15-13-16(21-14(20-13)11(2)3)22(10-19-15)9-12-5-7-17-8-6-12;;/h5-8,10-11H,4,9H2,1-3H3,(H,20,21);2*1H. The zero-order chi connectivity index (χ0) is 15.5. The molecule has 0 spiro atoms. The third-order valence-corrected chi connectivity index (χ3v) is 3.48. The molecule has 0 aromatic carbocycles. The Kier molecular flexibility index (Phi) is 7.38. The molecule has 0 bridgehead atoms. The molecule has 8 heteroatoms. The molecule has 3 aromatic heterocycles. The summed E-state index contributed by atoms with van der Waals surface area (Å²) in [6.07, 6.45) is 5.40. The summed E-state index contributed by atoms with van der Waals surface area (Å²) in [6.45, 7) is 7.66. The first-order valence-corrected chi connectivity index (χ1v) is 7.53. The van der Waals surface area contributed by atoms with Gasteiger partial charge in [0.15, 0.2) is 11.1 Å². The van der Waals surface area contributed by atoms with E-state index in [1.165, 1.54) is 0 Å². The fourth-order valence-electron chi connectivity index (χ4n) is 2.33. The fourth-order valence-corrected chi connectivity index (χ4v) is 2.33.